The van der Waals surface area contributed by atoms with Gasteiger partial charge in [-0.15, -0.1) is 11.3 Å². The van der Waals surface area contributed by atoms with Crippen LogP contribution < -0.4 is 4.90 Å². The molecule has 0 aliphatic carbocycles. The maximum Gasteiger partial charge on any atom is 0.199 e. The molecule has 0 atom stereocenters. The van der Waals surface area contributed by atoms with E-state index in [1.54, 1.807) is 11.3 Å². The lowest BCUT2D eigenvalue weighted by molar-refractivity contribution is 0.194. The van der Waals surface area contributed by atoms with Gasteiger partial charge >= 0.3 is 0 Å². The van der Waals surface area contributed by atoms with Crippen LogP contribution in [0.5, 0.6) is 0 Å². The molecule has 1 fully saturated rings. The van der Waals surface area contributed by atoms with Crippen molar-refractivity contribution in [1.29, 1.82) is 0 Å². The molecule has 0 spiro atoms. The number of rotatable bonds is 4. The predicted octanol–water partition coefficient (Wildman–Crippen LogP) is 4.15. The van der Waals surface area contributed by atoms with Crippen LogP contribution >= 0.6 is 23.6 Å². The zero-order chi connectivity index (χ0) is 20.6. The largest absolute Gasteiger partial charge is 0.346 e. The van der Waals surface area contributed by atoms with Gasteiger partial charge in [0.15, 0.2) is 15.7 Å². The van der Waals surface area contributed by atoms with Crippen molar-refractivity contribution in [1.82, 2.24) is 24.2 Å². The van der Waals surface area contributed by atoms with E-state index in [2.05, 4.69) is 59.8 Å². The van der Waals surface area contributed by atoms with Crippen molar-refractivity contribution in [3.05, 3.63) is 46.2 Å². The molecule has 6 nitrogen and oxygen atoms in total. The molecule has 0 bridgehead atoms. The van der Waals surface area contributed by atoms with Crippen LogP contribution in [0.25, 0.3) is 11.4 Å². The second kappa shape index (κ2) is 8.01. The van der Waals surface area contributed by atoms with Gasteiger partial charge in [-0.3, -0.25) is 4.90 Å². The van der Waals surface area contributed by atoms with E-state index in [1.807, 2.05) is 27.9 Å². The quantitative estimate of drug-likeness (QED) is 0.584. The first kappa shape index (κ1) is 20.3. The van der Waals surface area contributed by atoms with Gasteiger partial charge in [0.2, 0.25) is 0 Å². The monoisotopic (exact) mass is 428 g/mol. The summed E-state index contributed by atoms with van der Waals surface area (Å²) in [6.45, 7) is 11.3. The minimum atomic E-state index is 0.143. The van der Waals surface area contributed by atoms with Gasteiger partial charge in [-0.25, -0.2) is 9.67 Å². The molecule has 1 saturated heterocycles. The molecule has 1 aliphatic rings. The Morgan fingerprint density at radius 3 is 2.34 bits per heavy atom. The molecule has 3 heterocycles. The number of nitrogens with zero attached hydrogens (tertiary/aromatic N) is 6. The highest BCUT2D eigenvalue weighted by Gasteiger charge is 2.20. The predicted molar refractivity (Wildman–Crippen MR) is 122 cm³/mol. The molecule has 2 aromatic heterocycles. The van der Waals surface area contributed by atoms with Crippen LogP contribution in [0.1, 0.15) is 26.3 Å². The molecule has 4 rings (SSSR count). The number of piperazine rings is 1. The van der Waals surface area contributed by atoms with Gasteiger partial charge in [-0.05, 0) is 23.2 Å². The standard InChI is InChI=1S/C21H28N6S2/c1-21(2,3)17-7-5-16(6-8-17)18-23-27(20(28)24(18)4)15-25-10-12-26(13-11-25)19-22-9-14-29-19/h5-9,14H,10-13,15H2,1-4H3. The Morgan fingerprint density at radius 2 is 1.76 bits per heavy atom. The average Bonchev–Trinajstić information content (AvgIpc) is 3.33. The van der Waals surface area contributed by atoms with Gasteiger partial charge in [0, 0.05) is 50.4 Å². The Kier molecular flexibility index (Phi) is 5.59. The molecule has 0 N–H and O–H groups in total. The molecule has 1 aromatic carbocycles. The van der Waals surface area contributed by atoms with E-state index in [1.165, 1.54) is 5.56 Å². The fraction of sp³-hybridized carbons (Fsp3) is 0.476. The number of hydrogen-bond donors (Lipinski definition) is 0. The zero-order valence-electron chi connectivity index (χ0n) is 17.5. The van der Waals surface area contributed by atoms with Gasteiger partial charge in [-0.1, -0.05) is 45.0 Å². The van der Waals surface area contributed by atoms with E-state index >= 15 is 0 Å². The highest BCUT2D eigenvalue weighted by Crippen LogP contribution is 2.25. The highest BCUT2D eigenvalue weighted by atomic mass is 32.1. The third kappa shape index (κ3) is 4.29. The summed E-state index contributed by atoms with van der Waals surface area (Å²) >= 11 is 7.37. The number of anilines is 1. The van der Waals surface area contributed by atoms with Crippen LogP contribution in [0.4, 0.5) is 5.13 Å². The van der Waals surface area contributed by atoms with Gasteiger partial charge in [0.1, 0.15) is 0 Å². The average molecular weight is 429 g/mol. The van der Waals surface area contributed by atoms with Crippen molar-refractivity contribution >= 4 is 28.7 Å². The summed E-state index contributed by atoms with van der Waals surface area (Å²) in [6, 6.07) is 8.67. The van der Waals surface area contributed by atoms with Crippen LogP contribution in [0.15, 0.2) is 35.8 Å². The Morgan fingerprint density at radius 1 is 1.07 bits per heavy atom. The van der Waals surface area contributed by atoms with Crippen LogP contribution in [-0.2, 0) is 19.1 Å². The summed E-state index contributed by atoms with van der Waals surface area (Å²) < 4.78 is 4.71. The van der Waals surface area contributed by atoms with Crippen LogP contribution in [0.3, 0.4) is 0 Å². The van der Waals surface area contributed by atoms with Crippen LogP contribution in [0, 0.1) is 4.77 Å². The third-order valence-corrected chi connectivity index (χ3v) is 6.76. The number of benzene rings is 1. The second-order valence-corrected chi connectivity index (χ2v) is 9.79. The lowest BCUT2D eigenvalue weighted by Gasteiger charge is -2.34. The molecule has 29 heavy (non-hydrogen) atoms. The Labute approximate surface area is 181 Å². The van der Waals surface area contributed by atoms with E-state index < -0.39 is 0 Å². The first-order chi connectivity index (χ1) is 13.8. The van der Waals surface area contributed by atoms with Crippen LogP contribution in [0.2, 0.25) is 0 Å². The van der Waals surface area contributed by atoms with Crippen molar-refractivity contribution in [2.24, 2.45) is 7.05 Å². The van der Waals surface area contributed by atoms with Crippen molar-refractivity contribution in [2.45, 2.75) is 32.9 Å². The Bertz CT molecular complexity index is 1000. The summed E-state index contributed by atoms with van der Waals surface area (Å²) in [5.41, 5.74) is 2.56. The molecule has 1 aliphatic heterocycles. The number of thiazole rings is 1. The SMILES string of the molecule is Cn1c(-c2ccc(C(C)(C)C)cc2)nn(CN2CCN(c3nccs3)CC2)c1=S. The van der Waals surface area contributed by atoms with Crippen LogP contribution in [-0.4, -0.2) is 50.4 Å². The molecule has 0 saturated carbocycles. The molecule has 0 amide bonds. The summed E-state index contributed by atoms with van der Waals surface area (Å²) in [6.07, 6.45) is 1.87. The minimum Gasteiger partial charge on any atom is -0.346 e. The van der Waals surface area contributed by atoms with E-state index in [4.69, 9.17) is 17.3 Å². The number of aromatic nitrogens is 4. The molecule has 8 heteroatoms. The highest BCUT2D eigenvalue weighted by molar-refractivity contribution is 7.71. The first-order valence-corrected chi connectivity index (χ1v) is 11.2. The number of hydrogen-bond acceptors (Lipinski definition) is 6. The van der Waals surface area contributed by atoms with E-state index in [0.29, 0.717) is 0 Å². The maximum atomic E-state index is 5.67. The lowest BCUT2D eigenvalue weighted by atomic mass is 9.87. The summed E-state index contributed by atoms with van der Waals surface area (Å²) in [4.78, 5) is 9.17. The smallest absolute Gasteiger partial charge is 0.199 e. The van der Waals surface area contributed by atoms with Crippen molar-refractivity contribution in [2.75, 3.05) is 31.1 Å². The molecule has 0 radical (unpaired) electrons. The molecule has 154 valence electrons. The fourth-order valence-electron chi connectivity index (χ4n) is 3.59. The van der Waals surface area contributed by atoms with E-state index in [9.17, 15) is 0 Å². The van der Waals surface area contributed by atoms with Gasteiger partial charge < -0.3 is 9.47 Å². The topological polar surface area (TPSA) is 42.1 Å². The maximum absolute atomic E-state index is 5.67. The Hall–Kier alpha value is -2.03. The molecular weight excluding hydrogens is 400 g/mol. The normalized spacial score (nSPS) is 15.8. The van der Waals surface area contributed by atoms with Gasteiger partial charge in [-0.2, -0.15) is 5.10 Å². The lowest BCUT2D eigenvalue weighted by Crippen LogP contribution is -2.46. The second-order valence-electron chi connectivity index (χ2n) is 8.55. The first-order valence-electron chi connectivity index (χ1n) is 9.94. The fourth-order valence-corrected chi connectivity index (χ4v) is 4.47. The third-order valence-electron chi connectivity index (χ3n) is 5.45. The Balaban J connectivity index is 1.47. The van der Waals surface area contributed by atoms with Crippen molar-refractivity contribution in [3.63, 3.8) is 0 Å². The van der Waals surface area contributed by atoms with E-state index in [-0.39, 0.29) is 5.41 Å². The van der Waals surface area contributed by atoms with E-state index in [0.717, 1.165) is 54.1 Å². The molecular formula is C21H28N6S2. The summed E-state index contributed by atoms with van der Waals surface area (Å²) in [5.74, 6) is 0.914. The summed E-state index contributed by atoms with van der Waals surface area (Å²) in [7, 11) is 2.00. The molecule has 0 unspecified atom stereocenters. The van der Waals surface area contributed by atoms with Crippen molar-refractivity contribution < 1.29 is 0 Å². The zero-order valence-corrected chi connectivity index (χ0v) is 19.1. The van der Waals surface area contributed by atoms with Crippen molar-refractivity contribution in [3.8, 4) is 11.4 Å². The van der Waals surface area contributed by atoms with Gasteiger partial charge in [0.05, 0.1) is 6.67 Å². The summed E-state index contributed by atoms with van der Waals surface area (Å²) in [5, 5.41) is 7.99. The molecule has 3 aromatic rings. The van der Waals surface area contributed by atoms with Gasteiger partial charge in [0.25, 0.3) is 0 Å². The minimum absolute atomic E-state index is 0.143.